The summed E-state index contributed by atoms with van der Waals surface area (Å²) in [5.74, 6) is 0.300. The lowest BCUT2D eigenvalue weighted by molar-refractivity contribution is 0.222. The smallest absolute Gasteiger partial charge is 0.223 e. The van der Waals surface area contributed by atoms with Crippen LogP contribution in [0.4, 0.5) is 10.3 Å². The summed E-state index contributed by atoms with van der Waals surface area (Å²) in [6.45, 7) is 2.69. The van der Waals surface area contributed by atoms with Crippen LogP contribution in [0, 0.1) is 5.82 Å². The maximum Gasteiger partial charge on any atom is 0.223 e. The molecule has 1 N–H and O–H groups in total. The number of imidazole rings is 1. The van der Waals surface area contributed by atoms with Gasteiger partial charge in [-0.2, -0.15) is 0 Å². The highest BCUT2D eigenvalue weighted by atomic mass is 19.1. The fourth-order valence-corrected chi connectivity index (χ4v) is 5.18. The molecule has 1 saturated heterocycles. The lowest BCUT2D eigenvalue weighted by Gasteiger charge is -2.30. The molecule has 3 aromatic carbocycles. The van der Waals surface area contributed by atoms with Gasteiger partial charge in [-0.25, -0.2) is 19.3 Å². The van der Waals surface area contributed by atoms with Crippen molar-refractivity contribution >= 4 is 16.7 Å². The highest BCUT2D eigenvalue weighted by Gasteiger charge is 2.25. The predicted octanol–water partition coefficient (Wildman–Crippen LogP) is 6.18. The van der Waals surface area contributed by atoms with Gasteiger partial charge in [0, 0.05) is 24.3 Å². The third-order valence-corrected chi connectivity index (χ3v) is 7.21. The number of nitrogens with one attached hydrogen (secondary N) is 1. The number of piperidine rings is 1. The van der Waals surface area contributed by atoms with Crippen molar-refractivity contribution in [1.82, 2.24) is 24.4 Å². The molecule has 7 heteroatoms. The zero-order valence-electron chi connectivity index (χ0n) is 20.8. The second-order valence-electron chi connectivity index (χ2n) is 9.65. The Labute approximate surface area is 215 Å². The molecule has 37 heavy (non-hydrogen) atoms. The number of rotatable bonds is 6. The molecule has 0 amide bonds. The normalized spacial score (nSPS) is 14.8. The maximum absolute atomic E-state index is 13.7. The van der Waals surface area contributed by atoms with Crippen molar-refractivity contribution in [2.45, 2.75) is 25.4 Å². The van der Waals surface area contributed by atoms with Crippen molar-refractivity contribution in [1.29, 1.82) is 0 Å². The van der Waals surface area contributed by atoms with E-state index in [1.165, 1.54) is 28.5 Å². The Kier molecular flexibility index (Phi) is 6.37. The fourth-order valence-electron chi connectivity index (χ4n) is 5.18. The Bertz CT molecular complexity index is 1510. The summed E-state index contributed by atoms with van der Waals surface area (Å²) in [4.78, 5) is 16.6. The number of anilines is 1. The second-order valence-corrected chi connectivity index (χ2v) is 9.65. The van der Waals surface area contributed by atoms with E-state index in [0.717, 1.165) is 48.6 Å². The standard InChI is InChI=1S/C30H29FN6/c1-36-17-14-25(15-18-36)37-20-34-28(22-9-11-24(31)12-10-22)29(37)27-13-16-32-30(35-27)33-19-23-7-4-6-21-5-2-3-8-26(21)23/h2-13,16,20,25H,14-15,17-19H2,1H3,(H,32,33,35). The lowest BCUT2D eigenvalue weighted by Crippen LogP contribution is -2.31. The molecule has 1 fully saturated rings. The number of nitrogens with zero attached hydrogens (tertiary/aromatic N) is 5. The first-order valence-electron chi connectivity index (χ1n) is 12.7. The average molecular weight is 493 g/mol. The number of benzene rings is 3. The molecule has 1 aliphatic heterocycles. The molecule has 6 nitrogen and oxygen atoms in total. The van der Waals surface area contributed by atoms with E-state index in [4.69, 9.17) is 9.97 Å². The second kappa shape index (κ2) is 10.1. The molecule has 186 valence electrons. The number of likely N-dealkylation sites (tertiary alicyclic amines) is 1. The quantitative estimate of drug-likeness (QED) is 0.307. The monoisotopic (exact) mass is 492 g/mol. The first-order chi connectivity index (χ1) is 18.2. The van der Waals surface area contributed by atoms with E-state index < -0.39 is 0 Å². The van der Waals surface area contributed by atoms with Crippen LogP contribution in [0.5, 0.6) is 0 Å². The molecule has 0 unspecified atom stereocenters. The van der Waals surface area contributed by atoms with Gasteiger partial charge in [-0.1, -0.05) is 42.5 Å². The highest BCUT2D eigenvalue weighted by Crippen LogP contribution is 2.35. The number of halogens is 1. The van der Waals surface area contributed by atoms with Crippen molar-refractivity contribution in [2.24, 2.45) is 0 Å². The van der Waals surface area contributed by atoms with E-state index in [2.05, 4.69) is 69.3 Å². The van der Waals surface area contributed by atoms with Gasteiger partial charge in [-0.3, -0.25) is 0 Å². The van der Waals surface area contributed by atoms with Crippen LogP contribution in [0.3, 0.4) is 0 Å². The van der Waals surface area contributed by atoms with Gasteiger partial charge in [-0.05, 0) is 79.6 Å². The molecule has 0 aliphatic carbocycles. The van der Waals surface area contributed by atoms with E-state index in [0.29, 0.717) is 18.5 Å². The molecule has 0 radical (unpaired) electrons. The summed E-state index contributed by atoms with van der Waals surface area (Å²) < 4.78 is 15.9. The van der Waals surface area contributed by atoms with Gasteiger partial charge in [0.2, 0.25) is 5.95 Å². The number of aromatic nitrogens is 4. The van der Waals surface area contributed by atoms with Crippen LogP contribution in [0.25, 0.3) is 33.4 Å². The van der Waals surface area contributed by atoms with E-state index in [1.54, 1.807) is 18.3 Å². The van der Waals surface area contributed by atoms with Gasteiger partial charge in [0.05, 0.1) is 23.4 Å². The summed E-state index contributed by atoms with van der Waals surface area (Å²) >= 11 is 0. The zero-order valence-corrected chi connectivity index (χ0v) is 20.8. The molecule has 5 aromatic rings. The Morgan fingerprint density at radius 2 is 1.70 bits per heavy atom. The average Bonchev–Trinajstić information content (AvgIpc) is 3.38. The molecule has 1 aliphatic rings. The minimum Gasteiger partial charge on any atom is -0.350 e. The van der Waals surface area contributed by atoms with Gasteiger partial charge in [0.25, 0.3) is 0 Å². The predicted molar refractivity (Wildman–Crippen MR) is 146 cm³/mol. The molecule has 0 saturated carbocycles. The molecule has 0 spiro atoms. The van der Waals surface area contributed by atoms with Gasteiger partial charge in [-0.15, -0.1) is 0 Å². The lowest BCUT2D eigenvalue weighted by atomic mass is 10.0. The summed E-state index contributed by atoms with van der Waals surface area (Å²) in [6.07, 6.45) is 5.78. The summed E-state index contributed by atoms with van der Waals surface area (Å²) in [5, 5.41) is 5.84. The van der Waals surface area contributed by atoms with Gasteiger partial charge in [0.1, 0.15) is 5.82 Å². The first-order valence-corrected chi connectivity index (χ1v) is 12.7. The number of fused-ring (bicyclic) bond motifs is 1. The van der Waals surface area contributed by atoms with E-state index in [9.17, 15) is 4.39 Å². The molecule has 6 rings (SSSR count). The van der Waals surface area contributed by atoms with E-state index >= 15 is 0 Å². The van der Waals surface area contributed by atoms with Crippen LogP contribution >= 0.6 is 0 Å². The van der Waals surface area contributed by atoms with Gasteiger partial charge >= 0.3 is 0 Å². The SMILES string of the molecule is CN1CCC(n2cnc(-c3ccc(F)cc3)c2-c2ccnc(NCc3cccc4ccccc34)n2)CC1. The summed E-state index contributed by atoms with van der Waals surface area (Å²) in [7, 11) is 2.16. The first kappa shape index (κ1) is 23.3. The Morgan fingerprint density at radius 3 is 2.54 bits per heavy atom. The van der Waals surface area contributed by atoms with Crippen LogP contribution < -0.4 is 5.32 Å². The molecular formula is C30H29FN6. The number of hydrogen-bond donors (Lipinski definition) is 1. The topological polar surface area (TPSA) is 58.9 Å². The van der Waals surface area contributed by atoms with Gasteiger partial charge in [0.15, 0.2) is 0 Å². The largest absolute Gasteiger partial charge is 0.350 e. The van der Waals surface area contributed by atoms with Crippen molar-refractivity contribution in [2.75, 3.05) is 25.5 Å². The molecule has 0 atom stereocenters. The van der Waals surface area contributed by atoms with Gasteiger partial charge < -0.3 is 14.8 Å². The molecule has 3 heterocycles. The van der Waals surface area contributed by atoms with Crippen molar-refractivity contribution in [3.05, 3.63) is 96.7 Å². The third kappa shape index (κ3) is 4.82. The summed E-state index contributed by atoms with van der Waals surface area (Å²) in [5.41, 5.74) is 4.60. The summed E-state index contributed by atoms with van der Waals surface area (Å²) in [6, 6.07) is 23.5. The van der Waals surface area contributed by atoms with Crippen LogP contribution in [-0.4, -0.2) is 44.6 Å². The third-order valence-electron chi connectivity index (χ3n) is 7.21. The van der Waals surface area contributed by atoms with Crippen molar-refractivity contribution in [3.63, 3.8) is 0 Å². The minimum atomic E-state index is -0.262. The van der Waals surface area contributed by atoms with Crippen molar-refractivity contribution < 1.29 is 4.39 Å². The maximum atomic E-state index is 13.7. The molecule has 0 bridgehead atoms. The fraction of sp³-hybridized carbons (Fsp3) is 0.233. The molecule has 2 aromatic heterocycles. The van der Waals surface area contributed by atoms with Crippen LogP contribution in [0.15, 0.2) is 85.3 Å². The van der Waals surface area contributed by atoms with Crippen LogP contribution in [-0.2, 0) is 6.54 Å². The van der Waals surface area contributed by atoms with E-state index in [-0.39, 0.29) is 5.82 Å². The minimum absolute atomic E-state index is 0.262. The Morgan fingerprint density at radius 1 is 0.919 bits per heavy atom. The number of hydrogen-bond acceptors (Lipinski definition) is 5. The Hall–Kier alpha value is -4.10. The zero-order chi connectivity index (χ0) is 25.2. The van der Waals surface area contributed by atoms with Crippen LogP contribution in [0.1, 0.15) is 24.4 Å². The Balaban J connectivity index is 1.35. The van der Waals surface area contributed by atoms with E-state index in [1.807, 2.05) is 12.4 Å². The van der Waals surface area contributed by atoms with Crippen LogP contribution in [0.2, 0.25) is 0 Å². The highest BCUT2D eigenvalue weighted by molar-refractivity contribution is 5.85. The molecular weight excluding hydrogens is 463 g/mol. The van der Waals surface area contributed by atoms with Crippen molar-refractivity contribution in [3.8, 4) is 22.6 Å².